The first-order chi connectivity index (χ1) is 12.0. The van der Waals surface area contributed by atoms with Crippen molar-refractivity contribution in [3.8, 4) is 0 Å². The fraction of sp³-hybridized carbons (Fsp3) is 0.389. The lowest BCUT2D eigenvalue weighted by Gasteiger charge is -2.33. The zero-order valence-corrected chi connectivity index (χ0v) is 15.4. The molecule has 7 heteroatoms. The minimum absolute atomic E-state index is 0.0283. The normalized spacial score (nSPS) is 16.0. The molecule has 1 aromatic carbocycles. The number of amides is 2. The van der Waals surface area contributed by atoms with Crippen molar-refractivity contribution in [2.75, 3.05) is 19.5 Å². The van der Waals surface area contributed by atoms with Gasteiger partial charge in [0.05, 0.1) is 18.8 Å². The third-order valence-corrected chi connectivity index (χ3v) is 5.45. The van der Waals surface area contributed by atoms with Gasteiger partial charge in [-0.15, -0.1) is 0 Å². The first-order valence-corrected chi connectivity index (χ1v) is 8.96. The number of esters is 1. The molecule has 0 radical (unpaired) electrons. The summed E-state index contributed by atoms with van der Waals surface area (Å²) in [6.07, 6.45) is 3.02. The van der Waals surface area contributed by atoms with E-state index in [-0.39, 0.29) is 12.1 Å². The van der Waals surface area contributed by atoms with Gasteiger partial charge in [0, 0.05) is 7.05 Å². The van der Waals surface area contributed by atoms with Crippen molar-refractivity contribution in [2.24, 2.45) is 0 Å². The number of urea groups is 1. The summed E-state index contributed by atoms with van der Waals surface area (Å²) in [6, 6.07) is 8.01. The van der Waals surface area contributed by atoms with E-state index in [1.54, 1.807) is 18.9 Å². The molecule has 1 N–H and O–H groups in total. The van der Waals surface area contributed by atoms with E-state index in [0.29, 0.717) is 16.3 Å². The molecular formula is C18H21N3O3S. The monoisotopic (exact) mass is 359 g/mol. The molecule has 0 spiro atoms. The van der Waals surface area contributed by atoms with Crippen LogP contribution >= 0.6 is 11.5 Å². The number of nitrogens with zero attached hydrogens (tertiary/aromatic N) is 2. The quantitative estimate of drug-likeness (QED) is 0.847. The van der Waals surface area contributed by atoms with Crippen LogP contribution in [0.4, 0.5) is 9.80 Å². The van der Waals surface area contributed by atoms with Crippen molar-refractivity contribution in [1.29, 1.82) is 0 Å². The van der Waals surface area contributed by atoms with Gasteiger partial charge in [-0.3, -0.25) is 5.32 Å². The summed E-state index contributed by atoms with van der Waals surface area (Å²) in [4.78, 5) is 26.4. The number of hydrogen-bond donors (Lipinski definition) is 1. The summed E-state index contributed by atoms with van der Waals surface area (Å²) in [6.45, 7) is 1.72. The van der Waals surface area contributed by atoms with Crippen LogP contribution < -0.4 is 5.32 Å². The number of fused-ring (bicyclic) bond motifs is 1. The van der Waals surface area contributed by atoms with Crippen LogP contribution in [-0.4, -0.2) is 35.4 Å². The highest BCUT2D eigenvalue weighted by molar-refractivity contribution is 7.11. The standard InChI is InChI=1S/C18H21N3O3S/c1-11-15(17(22)24-3)16(25-20-11)19-18(23)21(2)14-10-6-8-12-7-4-5-9-13(12)14/h4-5,7,9,14H,6,8,10H2,1-3H3,(H,19,23). The number of ether oxygens (including phenoxy) is 1. The number of benzene rings is 1. The molecule has 0 fully saturated rings. The third-order valence-electron chi connectivity index (χ3n) is 4.60. The van der Waals surface area contributed by atoms with Crippen LogP contribution in [0.15, 0.2) is 24.3 Å². The lowest BCUT2D eigenvalue weighted by molar-refractivity contribution is 0.0601. The minimum Gasteiger partial charge on any atom is -0.465 e. The van der Waals surface area contributed by atoms with E-state index in [1.165, 1.54) is 18.2 Å². The molecule has 25 heavy (non-hydrogen) atoms. The predicted octanol–water partition coefficient (Wildman–Crippen LogP) is 3.78. The molecule has 0 saturated heterocycles. The maximum atomic E-state index is 12.7. The lowest BCUT2D eigenvalue weighted by atomic mass is 9.87. The number of aryl methyl sites for hydroxylation is 2. The van der Waals surface area contributed by atoms with Gasteiger partial charge < -0.3 is 9.64 Å². The first kappa shape index (κ1) is 17.4. The maximum absolute atomic E-state index is 12.7. The van der Waals surface area contributed by atoms with E-state index in [9.17, 15) is 9.59 Å². The van der Waals surface area contributed by atoms with Gasteiger partial charge in [-0.2, -0.15) is 4.37 Å². The van der Waals surface area contributed by atoms with Crippen LogP contribution in [0.2, 0.25) is 0 Å². The van der Waals surface area contributed by atoms with Crippen LogP contribution in [0.25, 0.3) is 0 Å². The van der Waals surface area contributed by atoms with Crippen LogP contribution in [0.1, 0.15) is 46.1 Å². The van der Waals surface area contributed by atoms with Crippen molar-refractivity contribution in [3.63, 3.8) is 0 Å². The van der Waals surface area contributed by atoms with Crippen molar-refractivity contribution in [3.05, 3.63) is 46.6 Å². The molecule has 1 heterocycles. The Morgan fingerprint density at radius 3 is 2.88 bits per heavy atom. The number of aromatic nitrogens is 1. The van der Waals surface area contributed by atoms with Crippen molar-refractivity contribution >= 4 is 28.5 Å². The average Bonchev–Trinajstić information content (AvgIpc) is 3.00. The van der Waals surface area contributed by atoms with E-state index in [2.05, 4.69) is 21.8 Å². The summed E-state index contributed by atoms with van der Waals surface area (Å²) in [7, 11) is 3.10. The predicted molar refractivity (Wildman–Crippen MR) is 97.1 cm³/mol. The fourth-order valence-corrected chi connectivity index (χ4v) is 4.03. The highest BCUT2D eigenvalue weighted by Gasteiger charge is 2.28. The number of anilines is 1. The van der Waals surface area contributed by atoms with Gasteiger partial charge in [0.2, 0.25) is 0 Å². The Morgan fingerprint density at radius 1 is 1.36 bits per heavy atom. The van der Waals surface area contributed by atoms with Crippen LogP contribution in [0, 0.1) is 6.92 Å². The van der Waals surface area contributed by atoms with E-state index < -0.39 is 5.97 Å². The summed E-state index contributed by atoms with van der Waals surface area (Å²) in [5, 5.41) is 3.24. The molecular weight excluding hydrogens is 338 g/mol. The SMILES string of the molecule is COC(=O)c1c(C)nsc1NC(=O)N(C)C1CCCc2ccccc21. The Balaban J connectivity index is 1.80. The Morgan fingerprint density at radius 2 is 2.12 bits per heavy atom. The third kappa shape index (κ3) is 3.37. The van der Waals surface area contributed by atoms with E-state index >= 15 is 0 Å². The van der Waals surface area contributed by atoms with Gasteiger partial charge in [-0.05, 0) is 48.8 Å². The molecule has 1 aromatic heterocycles. The maximum Gasteiger partial charge on any atom is 0.342 e. The number of methoxy groups -OCH3 is 1. The molecule has 1 aliphatic rings. The average molecular weight is 359 g/mol. The van der Waals surface area contributed by atoms with Gasteiger partial charge in [0.1, 0.15) is 10.6 Å². The minimum atomic E-state index is -0.493. The molecule has 3 rings (SSSR count). The smallest absolute Gasteiger partial charge is 0.342 e. The molecule has 1 atom stereocenters. The number of nitrogens with one attached hydrogen (secondary N) is 1. The molecule has 0 bridgehead atoms. The van der Waals surface area contributed by atoms with Gasteiger partial charge in [-0.25, -0.2) is 9.59 Å². The molecule has 6 nitrogen and oxygen atoms in total. The van der Waals surface area contributed by atoms with Crippen LogP contribution in [0.3, 0.4) is 0 Å². The number of hydrogen-bond acceptors (Lipinski definition) is 5. The zero-order chi connectivity index (χ0) is 18.0. The molecule has 2 aromatic rings. The number of rotatable bonds is 3. The highest BCUT2D eigenvalue weighted by Crippen LogP contribution is 2.34. The molecule has 0 saturated carbocycles. The van der Waals surface area contributed by atoms with Gasteiger partial charge in [-0.1, -0.05) is 24.3 Å². The number of carbonyl (C=O) groups is 2. The number of carbonyl (C=O) groups excluding carboxylic acids is 2. The van der Waals surface area contributed by atoms with Gasteiger partial charge in [0.25, 0.3) is 0 Å². The molecule has 132 valence electrons. The first-order valence-electron chi connectivity index (χ1n) is 8.19. The second kappa shape index (κ2) is 7.23. The topological polar surface area (TPSA) is 71.5 Å². The van der Waals surface area contributed by atoms with E-state index in [0.717, 1.165) is 30.8 Å². The van der Waals surface area contributed by atoms with Crippen molar-refractivity contribution < 1.29 is 14.3 Å². The van der Waals surface area contributed by atoms with E-state index in [1.807, 2.05) is 12.1 Å². The fourth-order valence-electron chi connectivity index (χ4n) is 3.25. The van der Waals surface area contributed by atoms with Crippen LogP contribution in [0.5, 0.6) is 0 Å². The van der Waals surface area contributed by atoms with Crippen molar-refractivity contribution in [1.82, 2.24) is 9.27 Å². The molecule has 2 amide bonds. The Labute approximate surface area is 151 Å². The van der Waals surface area contributed by atoms with Gasteiger partial charge in [0.15, 0.2) is 0 Å². The summed E-state index contributed by atoms with van der Waals surface area (Å²) >= 11 is 1.09. The highest BCUT2D eigenvalue weighted by atomic mass is 32.1. The van der Waals surface area contributed by atoms with Crippen molar-refractivity contribution in [2.45, 2.75) is 32.2 Å². The second-order valence-electron chi connectivity index (χ2n) is 6.11. The Hall–Kier alpha value is -2.41. The molecule has 1 unspecified atom stereocenters. The zero-order valence-electron chi connectivity index (χ0n) is 14.5. The van der Waals surface area contributed by atoms with E-state index in [4.69, 9.17) is 4.74 Å². The summed E-state index contributed by atoms with van der Waals surface area (Å²) in [5.41, 5.74) is 3.36. The Bertz CT molecular complexity index is 803. The molecule has 0 aliphatic heterocycles. The van der Waals surface area contributed by atoms with Gasteiger partial charge >= 0.3 is 12.0 Å². The largest absolute Gasteiger partial charge is 0.465 e. The summed E-state index contributed by atoms with van der Waals surface area (Å²) < 4.78 is 8.94. The summed E-state index contributed by atoms with van der Waals surface area (Å²) in [5.74, 6) is -0.493. The van der Waals surface area contributed by atoms with Crippen LogP contribution in [-0.2, 0) is 11.2 Å². The Kier molecular flexibility index (Phi) is 5.03. The molecule has 1 aliphatic carbocycles. The second-order valence-corrected chi connectivity index (χ2v) is 6.88. The lowest BCUT2D eigenvalue weighted by Crippen LogP contribution is -2.36.